The molecule has 34 heavy (non-hydrogen) atoms. The molecule has 0 N–H and O–H groups in total. The van der Waals surface area contributed by atoms with Crippen molar-refractivity contribution in [3.8, 4) is 0 Å². The minimum atomic E-state index is -3.80. The van der Waals surface area contributed by atoms with Gasteiger partial charge in [-0.15, -0.1) is 0 Å². The molecule has 198 valence electrons. The molecule has 2 atom stereocenters. The van der Waals surface area contributed by atoms with E-state index in [0.717, 1.165) is 32.1 Å². The van der Waals surface area contributed by atoms with Crippen LogP contribution in [0.5, 0.6) is 0 Å². The molecule has 2 heterocycles. The van der Waals surface area contributed by atoms with Gasteiger partial charge in [-0.1, -0.05) is 32.1 Å². The van der Waals surface area contributed by atoms with Crippen LogP contribution >= 0.6 is 0 Å². The largest absolute Gasteiger partial charge is 0.444 e. The highest BCUT2D eigenvalue weighted by atomic mass is 32.3. The lowest BCUT2D eigenvalue weighted by Gasteiger charge is -2.37. The Labute approximate surface area is 206 Å². The first kappa shape index (κ1) is 27.7. The van der Waals surface area contributed by atoms with Crippen LogP contribution in [-0.2, 0) is 29.1 Å². The van der Waals surface area contributed by atoms with Crippen molar-refractivity contribution in [3.63, 3.8) is 0 Å². The van der Waals surface area contributed by atoms with Crippen molar-refractivity contribution in [1.29, 1.82) is 0 Å². The first-order valence-electron chi connectivity index (χ1n) is 12.6. The monoisotopic (exact) mass is 521 g/mol. The van der Waals surface area contributed by atoms with Crippen LogP contribution in [0.2, 0.25) is 0 Å². The maximum Gasteiger partial charge on any atom is 0.412 e. The van der Waals surface area contributed by atoms with E-state index in [2.05, 4.69) is 0 Å². The summed E-state index contributed by atoms with van der Waals surface area (Å²) in [6.45, 7) is 10.5. The van der Waals surface area contributed by atoms with Crippen LogP contribution < -0.4 is 0 Å². The van der Waals surface area contributed by atoms with Gasteiger partial charge in [0.1, 0.15) is 11.3 Å². The van der Waals surface area contributed by atoms with E-state index in [-0.39, 0.29) is 36.8 Å². The van der Waals surface area contributed by atoms with E-state index < -0.39 is 47.3 Å². The fourth-order valence-corrected chi connectivity index (χ4v) is 10.8. The van der Waals surface area contributed by atoms with Crippen LogP contribution in [0.4, 0.5) is 4.79 Å². The fourth-order valence-electron chi connectivity index (χ4n) is 5.79. The molecule has 0 aromatic heterocycles. The highest BCUT2D eigenvalue weighted by Gasteiger charge is 2.56. The molecule has 0 aromatic rings. The zero-order valence-electron chi connectivity index (χ0n) is 21.6. The highest BCUT2D eigenvalue weighted by Crippen LogP contribution is 2.43. The van der Waals surface area contributed by atoms with Crippen LogP contribution in [0.25, 0.3) is 0 Å². The Balaban J connectivity index is 1.88. The molecule has 3 aliphatic rings. The minimum absolute atomic E-state index is 0.0399. The molecule has 2 saturated heterocycles. The number of rotatable bonds is 5. The number of amides is 1. The predicted octanol–water partition coefficient (Wildman–Crippen LogP) is 4.43. The molecule has 0 bridgehead atoms. The Kier molecular flexibility index (Phi) is 7.78. The normalized spacial score (nSPS) is 30.7. The zero-order chi connectivity index (χ0) is 25.6. The Bertz CT molecular complexity index is 926. The Morgan fingerprint density at radius 1 is 0.971 bits per heavy atom. The summed E-state index contributed by atoms with van der Waals surface area (Å²) in [7, 11) is -7.60. The summed E-state index contributed by atoms with van der Waals surface area (Å²) in [4.78, 5) is 15.0. The quantitative estimate of drug-likeness (QED) is 0.527. The van der Waals surface area contributed by atoms with Gasteiger partial charge in [-0.3, -0.25) is 4.90 Å². The molecule has 3 rings (SSSR count). The Hall–Kier alpha value is -0.870. The molecule has 0 aromatic carbocycles. The maximum absolute atomic E-state index is 13.3. The average molecular weight is 522 g/mol. The topological polar surface area (TPSA) is 107 Å². The van der Waals surface area contributed by atoms with Gasteiger partial charge in [0, 0.05) is 0 Å². The molecule has 1 amide bonds. The van der Waals surface area contributed by atoms with Crippen molar-refractivity contribution < 1.29 is 31.1 Å². The number of hydrogen-bond donors (Lipinski definition) is 0. The third-order valence-electron chi connectivity index (χ3n) is 7.70. The first-order chi connectivity index (χ1) is 15.5. The van der Waals surface area contributed by atoms with Gasteiger partial charge in [-0.05, 0) is 73.1 Å². The number of carbonyl (C=O) groups excluding carboxylic acids is 1. The van der Waals surface area contributed by atoms with Crippen molar-refractivity contribution >= 4 is 25.8 Å². The third-order valence-corrected chi connectivity index (χ3v) is 13.9. The van der Waals surface area contributed by atoms with Gasteiger partial charge in [0.05, 0.1) is 23.7 Å². The standard InChI is InChI=1S/C24H43NO7S2/c1-22(2,3)32-21(26)25-19(17-18-11-8-7-9-12-18)20(31-23(25,4)5)13-14-24(6)33(27,28)15-10-16-34(24,29)30/h18-20H,7-17H2,1-6H3/t19-,20-/m0/s1. The lowest BCUT2D eigenvalue weighted by Crippen LogP contribution is -2.51. The maximum atomic E-state index is 13.3. The molecule has 8 nitrogen and oxygen atoms in total. The van der Waals surface area contributed by atoms with Crippen LogP contribution in [0.3, 0.4) is 0 Å². The number of ether oxygens (including phenoxy) is 2. The summed E-state index contributed by atoms with van der Waals surface area (Å²) >= 11 is 0. The predicted molar refractivity (Wildman–Crippen MR) is 132 cm³/mol. The zero-order valence-corrected chi connectivity index (χ0v) is 23.3. The van der Waals surface area contributed by atoms with Gasteiger partial charge in [-0.25, -0.2) is 21.6 Å². The van der Waals surface area contributed by atoms with Gasteiger partial charge in [0.15, 0.2) is 23.8 Å². The summed E-state index contributed by atoms with van der Waals surface area (Å²) in [5, 5.41) is 0. The molecule has 0 radical (unpaired) electrons. The number of hydrogen-bond acceptors (Lipinski definition) is 7. The first-order valence-corrected chi connectivity index (χ1v) is 15.9. The van der Waals surface area contributed by atoms with Crippen molar-refractivity contribution in [2.75, 3.05) is 11.5 Å². The molecule has 1 aliphatic carbocycles. The van der Waals surface area contributed by atoms with Crippen LogP contribution in [0.15, 0.2) is 0 Å². The number of nitrogens with zero attached hydrogens (tertiary/aromatic N) is 1. The second kappa shape index (κ2) is 9.54. The van der Waals surface area contributed by atoms with E-state index in [1.165, 1.54) is 13.3 Å². The molecule has 3 fully saturated rings. The van der Waals surface area contributed by atoms with E-state index in [1.54, 1.807) is 4.90 Å². The van der Waals surface area contributed by atoms with Gasteiger partial charge in [0.25, 0.3) is 0 Å². The van der Waals surface area contributed by atoms with Gasteiger partial charge in [0.2, 0.25) is 0 Å². The average Bonchev–Trinajstić information content (AvgIpc) is 2.93. The molecular weight excluding hydrogens is 478 g/mol. The Morgan fingerprint density at radius 2 is 1.53 bits per heavy atom. The highest BCUT2D eigenvalue weighted by molar-refractivity contribution is 8.10. The van der Waals surface area contributed by atoms with E-state index in [9.17, 15) is 21.6 Å². The second-order valence-electron chi connectivity index (χ2n) is 11.9. The van der Waals surface area contributed by atoms with E-state index >= 15 is 0 Å². The summed E-state index contributed by atoms with van der Waals surface area (Å²) in [5.74, 6) is 0.214. The molecular formula is C24H43NO7S2. The molecule has 1 saturated carbocycles. The van der Waals surface area contributed by atoms with Crippen molar-refractivity contribution in [2.24, 2.45) is 5.92 Å². The van der Waals surface area contributed by atoms with Crippen LogP contribution in [0, 0.1) is 5.92 Å². The lowest BCUT2D eigenvalue weighted by atomic mass is 9.83. The van der Waals surface area contributed by atoms with E-state index in [1.807, 2.05) is 34.6 Å². The summed E-state index contributed by atoms with van der Waals surface area (Å²) < 4.78 is 61.8. The molecule has 2 aliphatic heterocycles. The van der Waals surface area contributed by atoms with Crippen LogP contribution in [-0.4, -0.2) is 66.9 Å². The minimum Gasteiger partial charge on any atom is -0.444 e. The molecule has 0 unspecified atom stereocenters. The summed E-state index contributed by atoms with van der Waals surface area (Å²) in [6, 6.07) is -0.300. The van der Waals surface area contributed by atoms with Gasteiger partial charge >= 0.3 is 6.09 Å². The summed E-state index contributed by atoms with van der Waals surface area (Å²) in [6.07, 6.45) is 5.89. The van der Waals surface area contributed by atoms with Crippen LogP contribution in [0.1, 0.15) is 99.3 Å². The van der Waals surface area contributed by atoms with Gasteiger partial charge < -0.3 is 9.47 Å². The lowest BCUT2D eigenvalue weighted by molar-refractivity contribution is -0.0802. The Morgan fingerprint density at radius 3 is 2.06 bits per heavy atom. The summed E-state index contributed by atoms with van der Waals surface area (Å²) in [5.41, 5.74) is -1.62. The fraction of sp³-hybridized carbons (Fsp3) is 0.958. The van der Waals surface area contributed by atoms with E-state index in [0.29, 0.717) is 5.92 Å². The van der Waals surface area contributed by atoms with Crippen molar-refractivity contribution in [1.82, 2.24) is 4.90 Å². The smallest absolute Gasteiger partial charge is 0.412 e. The van der Waals surface area contributed by atoms with Crippen molar-refractivity contribution in [2.45, 2.75) is 127 Å². The third kappa shape index (κ3) is 5.59. The number of carbonyl (C=O) groups is 1. The number of sulfone groups is 2. The van der Waals surface area contributed by atoms with E-state index in [4.69, 9.17) is 9.47 Å². The van der Waals surface area contributed by atoms with Crippen molar-refractivity contribution in [3.05, 3.63) is 0 Å². The van der Waals surface area contributed by atoms with Gasteiger partial charge in [-0.2, -0.15) is 0 Å². The molecule has 10 heteroatoms. The molecule has 0 spiro atoms. The second-order valence-corrected chi connectivity index (χ2v) is 17.3. The SMILES string of the molecule is CC(C)(C)OC(=O)N1[C@@H](CC2CCCCC2)[C@H](CCC2(C)S(=O)(=O)CCCS2(=O)=O)OC1(C)C.